The quantitative estimate of drug-likeness (QED) is 0.892. The van der Waals surface area contributed by atoms with Crippen LogP contribution in [-0.4, -0.2) is 38.5 Å². The smallest absolute Gasteiger partial charge is 0.243 e. The third-order valence-electron chi connectivity index (χ3n) is 3.23. The van der Waals surface area contributed by atoms with Gasteiger partial charge < -0.3 is 10.5 Å². The van der Waals surface area contributed by atoms with Crippen LogP contribution in [0.15, 0.2) is 29.2 Å². The normalized spacial score (nSPS) is 19.5. The molecule has 21 heavy (non-hydrogen) atoms. The van der Waals surface area contributed by atoms with E-state index < -0.39 is 10.0 Å². The fourth-order valence-electron chi connectivity index (χ4n) is 2.09. The summed E-state index contributed by atoms with van der Waals surface area (Å²) in [5.41, 5.74) is 5.77. The molecular formula is C14H23ClN2O3S. The molecular weight excluding hydrogens is 312 g/mol. The predicted molar refractivity (Wildman–Crippen MR) is 85.4 cm³/mol. The monoisotopic (exact) mass is 334 g/mol. The molecule has 2 rings (SSSR count). The number of nitrogens with zero attached hydrogens (tertiary/aromatic N) is 1. The van der Waals surface area contributed by atoms with E-state index in [1.54, 1.807) is 24.3 Å². The third-order valence-corrected chi connectivity index (χ3v) is 5.11. The lowest BCUT2D eigenvalue weighted by Crippen LogP contribution is -2.31. The first-order valence-corrected chi connectivity index (χ1v) is 8.32. The second-order valence-electron chi connectivity index (χ2n) is 5.59. The summed E-state index contributed by atoms with van der Waals surface area (Å²) in [5, 5.41) is 0. The Morgan fingerprint density at radius 3 is 2.43 bits per heavy atom. The number of halogens is 1. The average molecular weight is 335 g/mol. The highest BCUT2D eigenvalue weighted by molar-refractivity contribution is 7.89. The zero-order valence-electron chi connectivity index (χ0n) is 12.4. The molecule has 0 unspecified atom stereocenters. The van der Waals surface area contributed by atoms with Crippen LogP contribution in [0.5, 0.6) is 5.75 Å². The Bertz CT molecular complexity index is 546. The first-order valence-electron chi connectivity index (χ1n) is 6.88. The van der Waals surface area contributed by atoms with E-state index in [4.69, 9.17) is 10.5 Å². The Kier molecular flexibility index (Phi) is 6.46. The van der Waals surface area contributed by atoms with Crippen LogP contribution < -0.4 is 10.5 Å². The standard InChI is InChI=1S/C14H22N2O3S.ClH/c1-11(2)10-19-13-3-5-14(6-4-13)20(17,18)16-8-7-12(15)9-16;/h3-6,11-12H,7-10,15H2,1-2H3;1H/t12-;/m0./s1. The Hall–Kier alpha value is -0.820. The van der Waals surface area contributed by atoms with Crippen LogP contribution >= 0.6 is 12.4 Å². The van der Waals surface area contributed by atoms with Crippen molar-refractivity contribution in [1.82, 2.24) is 4.31 Å². The van der Waals surface area contributed by atoms with Gasteiger partial charge in [0, 0.05) is 19.1 Å². The Balaban J connectivity index is 0.00000220. The van der Waals surface area contributed by atoms with Crippen molar-refractivity contribution in [3.05, 3.63) is 24.3 Å². The third kappa shape index (κ3) is 4.57. The van der Waals surface area contributed by atoms with Crippen LogP contribution in [0.25, 0.3) is 0 Å². The van der Waals surface area contributed by atoms with Crippen LogP contribution in [0, 0.1) is 5.92 Å². The van der Waals surface area contributed by atoms with E-state index in [-0.39, 0.29) is 18.4 Å². The zero-order valence-corrected chi connectivity index (χ0v) is 14.0. The van der Waals surface area contributed by atoms with E-state index in [0.717, 1.165) is 6.42 Å². The average Bonchev–Trinajstić information content (AvgIpc) is 2.84. The van der Waals surface area contributed by atoms with E-state index in [1.807, 2.05) is 0 Å². The van der Waals surface area contributed by atoms with Crippen molar-refractivity contribution in [3.8, 4) is 5.75 Å². The summed E-state index contributed by atoms with van der Waals surface area (Å²) in [7, 11) is -3.42. The van der Waals surface area contributed by atoms with E-state index in [1.165, 1.54) is 4.31 Å². The molecule has 0 bridgehead atoms. The summed E-state index contributed by atoms with van der Waals surface area (Å²) in [6.45, 7) is 5.64. The molecule has 0 aliphatic carbocycles. The summed E-state index contributed by atoms with van der Waals surface area (Å²) in [5.74, 6) is 1.13. The molecule has 0 spiro atoms. The van der Waals surface area contributed by atoms with Gasteiger partial charge in [-0.2, -0.15) is 4.31 Å². The van der Waals surface area contributed by atoms with E-state index in [2.05, 4.69) is 13.8 Å². The van der Waals surface area contributed by atoms with Crippen molar-refractivity contribution in [1.29, 1.82) is 0 Å². The number of nitrogens with two attached hydrogens (primary N) is 1. The molecule has 0 saturated carbocycles. The molecule has 1 heterocycles. The molecule has 7 heteroatoms. The minimum absolute atomic E-state index is 0. The van der Waals surface area contributed by atoms with Crippen LogP contribution in [0.2, 0.25) is 0 Å². The van der Waals surface area contributed by atoms with Crippen molar-refractivity contribution >= 4 is 22.4 Å². The molecule has 2 N–H and O–H groups in total. The highest BCUT2D eigenvalue weighted by Crippen LogP contribution is 2.22. The molecule has 1 aromatic rings. The van der Waals surface area contributed by atoms with Gasteiger partial charge in [0.2, 0.25) is 10.0 Å². The SMILES string of the molecule is CC(C)COc1ccc(S(=O)(=O)N2CC[C@H](N)C2)cc1.Cl. The summed E-state index contributed by atoms with van der Waals surface area (Å²) in [4.78, 5) is 0.295. The minimum atomic E-state index is -3.42. The van der Waals surface area contributed by atoms with Gasteiger partial charge in [0.05, 0.1) is 11.5 Å². The number of rotatable bonds is 5. The number of ether oxygens (including phenoxy) is 1. The molecule has 1 fully saturated rings. The molecule has 0 aromatic heterocycles. The highest BCUT2D eigenvalue weighted by Gasteiger charge is 2.30. The predicted octanol–water partition coefficient (Wildman–Crippen LogP) is 1.86. The lowest BCUT2D eigenvalue weighted by molar-refractivity contribution is 0.271. The minimum Gasteiger partial charge on any atom is -0.493 e. The molecule has 0 radical (unpaired) electrons. The van der Waals surface area contributed by atoms with Gasteiger partial charge in [0.25, 0.3) is 0 Å². The van der Waals surface area contributed by atoms with Crippen molar-refractivity contribution in [2.45, 2.75) is 31.2 Å². The summed E-state index contributed by atoms with van der Waals surface area (Å²) in [6.07, 6.45) is 0.717. The number of benzene rings is 1. The maximum Gasteiger partial charge on any atom is 0.243 e. The van der Waals surface area contributed by atoms with Gasteiger partial charge in [-0.3, -0.25) is 0 Å². The maximum atomic E-state index is 12.4. The van der Waals surface area contributed by atoms with Crippen LogP contribution in [0.4, 0.5) is 0 Å². The fraction of sp³-hybridized carbons (Fsp3) is 0.571. The van der Waals surface area contributed by atoms with Crippen LogP contribution in [-0.2, 0) is 10.0 Å². The van der Waals surface area contributed by atoms with Crippen LogP contribution in [0.1, 0.15) is 20.3 Å². The number of hydrogen-bond donors (Lipinski definition) is 1. The first-order chi connectivity index (χ1) is 9.39. The van der Waals surface area contributed by atoms with E-state index in [9.17, 15) is 8.42 Å². The second kappa shape index (κ2) is 7.45. The van der Waals surface area contributed by atoms with Gasteiger partial charge in [-0.15, -0.1) is 12.4 Å². The Labute approximate surface area is 132 Å². The lowest BCUT2D eigenvalue weighted by Gasteiger charge is -2.16. The highest BCUT2D eigenvalue weighted by atomic mass is 35.5. The second-order valence-corrected chi connectivity index (χ2v) is 7.53. The molecule has 1 saturated heterocycles. The van der Waals surface area contributed by atoms with Crippen molar-refractivity contribution in [2.24, 2.45) is 11.7 Å². The molecule has 5 nitrogen and oxygen atoms in total. The van der Waals surface area contributed by atoms with Gasteiger partial charge in [-0.05, 0) is 36.6 Å². The van der Waals surface area contributed by atoms with Gasteiger partial charge in [-0.25, -0.2) is 8.42 Å². The van der Waals surface area contributed by atoms with E-state index in [0.29, 0.717) is 36.3 Å². The summed E-state index contributed by atoms with van der Waals surface area (Å²) >= 11 is 0. The molecule has 1 atom stereocenters. The molecule has 1 aromatic carbocycles. The first kappa shape index (κ1) is 18.2. The summed E-state index contributed by atoms with van der Waals surface area (Å²) in [6, 6.07) is 6.53. The van der Waals surface area contributed by atoms with Gasteiger partial charge in [-0.1, -0.05) is 13.8 Å². The van der Waals surface area contributed by atoms with Crippen molar-refractivity contribution in [2.75, 3.05) is 19.7 Å². The zero-order chi connectivity index (χ0) is 14.8. The lowest BCUT2D eigenvalue weighted by atomic mass is 10.2. The molecule has 1 aliphatic heterocycles. The number of hydrogen-bond acceptors (Lipinski definition) is 4. The summed E-state index contributed by atoms with van der Waals surface area (Å²) < 4.78 is 31.8. The van der Waals surface area contributed by atoms with Crippen molar-refractivity contribution < 1.29 is 13.2 Å². The Morgan fingerprint density at radius 1 is 1.33 bits per heavy atom. The number of sulfonamides is 1. The largest absolute Gasteiger partial charge is 0.493 e. The van der Waals surface area contributed by atoms with Gasteiger partial charge in [0.1, 0.15) is 5.75 Å². The molecule has 0 amide bonds. The fourth-order valence-corrected chi connectivity index (χ4v) is 3.60. The molecule has 1 aliphatic rings. The van der Waals surface area contributed by atoms with Crippen molar-refractivity contribution in [3.63, 3.8) is 0 Å². The van der Waals surface area contributed by atoms with Gasteiger partial charge in [0.15, 0.2) is 0 Å². The van der Waals surface area contributed by atoms with Gasteiger partial charge >= 0.3 is 0 Å². The molecule has 120 valence electrons. The van der Waals surface area contributed by atoms with Crippen LogP contribution in [0.3, 0.4) is 0 Å². The Morgan fingerprint density at radius 2 is 1.95 bits per heavy atom. The topological polar surface area (TPSA) is 72.6 Å². The maximum absolute atomic E-state index is 12.4. The van der Waals surface area contributed by atoms with E-state index >= 15 is 0 Å².